The highest BCUT2D eigenvalue weighted by Gasteiger charge is 2.22. The maximum absolute atomic E-state index is 12.4. The molecule has 0 N–H and O–H groups in total. The Hall–Kier alpha value is -2.40. The third kappa shape index (κ3) is 2.78. The topological polar surface area (TPSA) is 47.3 Å². The normalized spacial score (nSPS) is 12.3. The molecule has 0 saturated carbocycles. The summed E-state index contributed by atoms with van der Waals surface area (Å²) in [6.45, 7) is 5.85. The molecule has 0 fully saturated rings. The SMILES string of the molecule is CC(C)(C)C(=O)CSc1nc2ccccc2c2nc3ccccc3n12. The standard InChI is InChI=1S/C20H19N3OS/c1-20(2,3)17(24)12-25-19-22-14-9-5-4-8-13(14)18-21-15-10-6-7-11-16(15)23(18)19/h4-11H,12H2,1-3H3. The number of Topliss-reactive ketones (excluding diaryl/α,β-unsaturated/α-hetero) is 1. The van der Waals surface area contributed by atoms with Crippen LogP contribution >= 0.6 is 11.8 Å². The molecule has 4 nitrogen and oxygen atoms in total. The summed E-state index contributed by atoms with van der Waals surface area (Å²) >= 11 is 1.48. The minimum absolute atomic E-state index is 0.213. The van der Waals surface area contributed by atoms with Crippen molar-refractivity contribution in [2.45, 2.75) is 25.9 Å². The van der Waals surface area contributed by atoms with Crippen molar-refractivity contribution in [1.82, 2.24) is 14.4 Å². The molecular formula is C20H19N3OS. The summed E-state index contributed by atoms with van der Waals surface area (Å²) < 4.78 is 2.07. The van der Waals surface area contributed by atoms with E-state index >= 15 is 0 Å². The fourth-order valence-corrected chi connectivity index (χ4v) is 3.93. The molecule has 0 aliphatic rings. The molecule has 4 aromatic rings. The second kappa shape index (κ2) is 5.85. The number of carbonyl (C=O) groups excluding carboxylic acids is 1. The number of hydrogen-bond donors (Lipinski definition) is 0. The largest absolute Gasteiger partial charge is 0.298 e. The molecule has 126 valence electrons. The van der Waals surface area contributed by atoms with E-state index in [1.54, 1.807) is 0 Å². The molecule has 0 amide bonds. The summed E-state index contributed by atoms with van der Waals surface area (Å²) in [5.41, 5.74) is 3.39. The van der Waals surface area contributed by atoms with Gasteiger partial charge in [0.2, 0.25) is 0 Å². The Kier molecular flexibility index (Phi) is 3.76. The van der Waals surface area contributed by atoms with Crippen molar-refractivity contribution < 1.29 is 4.79 Å². The maximum Gasteiger partial charge on any atom is 0.175 e. The third-order valence-corrected chi connectivity index (χ3v) is 5.22. The first-order valence-electron chi connectivity index (χ1n) is 8.27. The second-order valence-electron chi connectivity index (χ2n) is 7.13. The number of thioether (sulfide) groups is 1. The molecule has 0 aliphatic carbocycles. The van der Waals surface area contributed by atoms with Crippen LogP contribution in [0.5, 0.6) is 0 Å². The van der Waals surface area contributed by atoms with Crippen molar-refractivity contribution in [1.29, 1.82) is 0 Å². The highest BCUT2D eigenvalue weighted by atomic mass is 32.2. The number of carbonyl (C=O) groups is 1. The minimum atomic E-state index is -0.347. The average Bonchev–Trinajstić information content (AvgIpc) is 2.98. The first-order chi connectivity index (χ1) is 11.9. The Morgan fingerprint density at radius 3 is 2.44 bits per heavy atom. The quantitative estimate of drug-likeness (QED) is 0.396. The molecule has 0 atom stereocenters. The fourth-order valence-electron chi connectivity index (χ4n) is 2.76. The summed E-state index contributed by atoms with van der Waals surface area (Å²) in [7, 11) is 0. The Morgan fingerprint density at radius 1 is 1.00 bits per heavy atom. The molecule has 25 heavy (non-hydrogen) atoms. The van der Waals surface area contributed by atoms with Gasteiger partial charge < -0.3 is 0 Å². The monoisotopic (exact) mass is 349 g/mol. The van der Waals surface area contributed by atoms with E-state index in [4.69, 9.17) is 9.97 Å². The van der Waals surface area contributed by atoms with Crippen LogP contribution in [-0.4, -0.2) is 25.9 Å². The van der Waals surface area contributed by atoms with Crippen molar-refractivity contribution >= 4 is 45.1 Å². The summed E-state index contributed by atoms with van der Waals surface area (Å²) in [6, 6.07) is 16.0. The molecule has 2 heterocycles. The predicted octanol–water partition coefficient (Wildman–Crippen LogP) is 4.74. The van der Waals surface area contributed by atoms with Gasteiger partial charge in [-0.3, -0.25) is 9.20 Å². The van der Waals surface area contributed by atoms with Gasteiger partial charge in [0.15, 0.2) is 5.16 Å². The fraction of sp³-hybridized carbons (Fsp3) is 0.250. The summed E-state index contributed by atoms with van der Waals surface area (Å²) in [6.07, 6.45) is 0. The Balaban J connectivity index is 1.93. The van der Waals surface area contributed by atoms with Gasteiger partial charge in [-0.15, -0.1) is 0 Å². The van der Waals surface area contributed by atoms with Crippen LogP contribution in [0.4, 0.5) is 0 Å². The van der Waals surface area contributed by atoms with Gasteiger partial charge in [-0.1, -0.05) is 56.8 Å². The number of fused-ring (bicyclic) bond motifs is 5. The molecular weight excluding hydrogens is 330 g/mol. The number of nitrogens with zero attached hydrogens (tertiary/aromatic N) is 3. The van der Waals surface area contributed by atoms with E-state index in [0.717, 1.165) is 32.7 Å². The Morgan fingerprint density at radius 2 is 1.68 bits per heavy atom. The van der Waals surface area contributed by atoms with Gasteiger partial charge in [0, 0.05) is 10.8 Å². The van der Waals surface area contributed by atoms with Gasteiger partial charge in [0.05, 0.1) is 22.3 Å². The van der Waals surface area contributed by atoms with Crippen LogP contribution in [0, 0.1) is 5.41 Å². The third-order valence-electron chi connectivity index (χ3n) is 4.28. The lowest BCUT2D eigenvalue weighted by Gasteiger charge is -2.16. The number of rotatable bonds is 3. The van der Waals surface area contributed by atoms with Crippen molar-refractivity contribution in [3.05, 3.63) is 48.5 Å². The molecule has 2 aromatic heterocycles. The summed E-state index contributed by atoms with van der Waals surface area (Å²) in [5.74, 6) is 0.612. The van der Waals surface area contributed by atoms with Crippen LogP contribution in [0.15, 0.2) is 53.7 Å². The molecule has 0 radical (unpaired) electrons. The lowest BCUT2D eigenvalue weighted by molar-refractivity contribution is -0.123. The van der Waals surface area contributed by atoms with Crippen LogP contribution in [0.2, 0.25) is 0 Å². The van der Waals surface area contributed by atoms with Crippen molar-refractivity contribution in [3.63, 3.8) is 0 Å². The van der Waals surface area contributed by atoms with Crippen LogP contribution < -0.4 is 0 Å². The van der Waals surface area contributed by atoms with Crippen molar-refractivity contribution in [3.8, 4) is 0 Å². The highest BCUT2D eigenvalue weighted by Crippen LogP contribution is 2.30. The van der Waals surface area contributed by atoms with Crippen molar-refractivity contribution in [2.75, 3.05) is 5.75 Å². The van der Waals surface area contributed by atoms with Crippen molar-refractivity contribution in [2.24, 2.45) is 5.41 Å². The van der Waals surface area contributed by atoms with Gasteiger partial charge in [-0.2, -0.15) is 0 Å². The maximum atomic E-state index is 12.4. The van der Waals surface area contributed by atoms with E-state index in [9.17, 15) is 4.79 Å². The average molecular weight is 349 g/mol. The molecule has 0 aliphatic heterocycles. The van der Waals surface area contributed by atoms with Gasteiger partial charge >= 0.3 is 0 Å². The zero-order valence-electron chi connectivity index (χ0n) is 14.5. The highest BCUT2D eigenvalue weighted by molar-refractivity contribution is 7.99. The molecule has 0 unspecified atom stereocenters. The van der Waals surface area contributed by atoms with Crippen LogP contribution in [0.3, 0.4) is 0 Å². The zero-order valence-corrected chi connectivity index (χ0v) is 15.3. The molecule has 5 heteroatoms. The zero-order chi connectivity index (χ0) is 17.6. The van der Waals surface area contributed by atoms with E-state index in [2.05, 4.69) is 4.40 Å². The lowest BCUT2D eigenvalue weighted by Crippen LogP contribution is -2.22. The Bertz CT molecular complexity index is 1110. The van der Waals surface area contributed by atoms with Gasteiger partial charge in [-0.25, -0.2) is 9.97 Å². The number of benzene rings is 2. The number of hydrogen-bond acceptors (Lipinski definition) is 4. The van der Waals surface area contributed by atoms with Crippen LogP contribution in [0.1, 0.15) is 20.8 Å². The first-order valence-corrected chi connectivity index (χ1v) is 9.26. The van der Waals surface area contributed by atoms with Crippen LogP contribution in [-0.2, 0) is 4.79 Å². The number of aromatic nitrogens is 3. The predicted molar refractivity (Wildman–Crippen MR) is 103 cm³/mol. The molecule has 0 spiro atoms. The van der Waals surface area contributed by atoms with Gasteiger partial charge in [-0.05, 0) is 24.3 Å². The minimum Gasteiger partial charge on any atom is -0.298 e. The smallest absolute Gasteiger partial charge is 0.175 e. The number of imidazole rings is 1. The summed E-state index contributed by atoms with van der Waals surface area (Å²) in [5, 5.41) is 1.82. The van der Waals surface area contributed by atoms with Crippen LogP contribution in [0.25, 0.3) is 27.6 Å². The second-order valence-corrected chi connectivity index (χ2v) is 8.08. The van der Waals surface area contributed by atoms with E-state index < -0.39 is 0 Å². The molecule has 2 aromatic carbocycles. The number of ketones is 1. The van der Waals surface area contributed by atoms with Gasteiger partial charge in [0.1, 0.15) is 11.4 Å². The van der Waals surface area contributed by atoms with E-state index in [-0.39, 0.29) is 11.2 Å². The van der Waals surface area contributed by atoms with E-state index in [1.165, 1.54) is 11.8 Å². The molecule has 0 saturated heterocycles. The van der Waals surface area contributed by atoms with E-state index in [0.29, 0.717) is 5.75 Å². The summed E-state index contributed by atoms with van der Waals surface area (Å²) in [4.78, 5) is 22.0. The van der Waals surface area contributed by atoms with E-state index in [1.807, 2.05) is 69.3 Å². The number of para-hydroxylation sites is 3. The molecule has 4 rings (SSSR count). The lowest BCUT2D eigenvalue weighted by atomic mass is 9.92. The van der Waals surface area contributed by atoms with Gasteiger partial charge in [0.25, 0.3) is 0 Å². The Labute approximate surface area is 150 Å². The first kappa shape index (κ1) is 16.1. The molecule has 0 bridgehead atoms.